The molecule has 0 saturated heterocycles. The Morgan fingerprint density at radius 3 is 2.82 bits per heavy atom. The molecule has 90 valence electrons. The van der Waals surface area contributed by atoms with Gasteiger partial charge in [0.15, 0.2) is 5.65 Å². The van der Waals surface area contributed by atoms with Crippen LogP contribution in [0.5, 0.6) is 0 Å². The first-order valence-corrected chi connectivity index (χ1v) is 5.20. The van der Waals surface area contributed by atoms with Crippen LogP contribution in [0.4, 0.5) is 10.7 Å². The van der Waals surface area contributed by atoms with E-state index in [2.05, 4.69) is 9.97 Å². The van der Waals surface area contributed by atoms with Crippen LogP contribution >= 0.6 is 0 Å². The first kappa shape index (κ1) is 11.4. The highest BCUT2D eigenvalue weighted by Gasteiger charge is 2.19. The van der Waals surface area contributed by atoms with Gasteiger partial charge in [-0.3, -0.25) is 0 Å². The standard InChI is InChI=1S/C11H14N4O2/c1-11(2,3)17-10(16)15-5-4-7-6-13-9(12)14-8(7)15/h4-6H,1-3H3,(H2,12,13,14). The number of nitrogens with two attached hydrogens (primary N) is 1. The van der Waals surface area contributed by atoms with E-state index in [1.807, 2.05) is 0 Å². The van der Waals surface area contributed by atoms with Gasteiger partial charge in [-0.25, -0.2) is 14.3 Å². The predicted molar refractivity (Wildman–Crippen MR) is 63.6 cm³/mol. The topological polar surface area (TPSA) is 83.0 Å². The lowest BCUT2D eigenvalue weighted by Crippen LogP contribution is -2.26. The van der Waals surface area contributed by atoms with E-state index >= 15 is 0 Å². The molecule has 0 aliphatic rings. The number of hydrogen-bond acceptors (Lipinski definition) is 5. The number of nitrogen functional groups attached to an aromatic ring is 1. The predicted octanol–water partition coefficient (Wildman–Crippen LogP) is 1.80. The molecular formula is C11H14N4O2. The fourth-order valence-electron chi connectivity index (χ4n) is 1.39. The highest BCUT2D eigenvalue weighted by molar-refractivity contribution is 5.86. The minimum Gasteiger partial charge on any atom is -0.443 e. The van der Waals surface area contributed by atoms with Crippen LogP contribution in [0.3, 0.4) is 0 Å². The molecule has 0 spiro atoms. The van der Waals surface area contributed by atoms with Crippen molar-refractivity contribution in [3.8, 4) is 0 Å². The van der Waals surface area contributed by atoms with Crippen LogP contribution in [0.15, 0.2) is 18.5 Å². The molecule has 0 unspecified atom stereocenters. The minimum absolute atomic E-state index is 0.126. The van der Waals surface area contributed by atoms with Gasteiger partial charge >= 0.3 is 6.09 Å². The highest BCUT2D eigenvalue weighted by Crippen LogP contribution is 2.16. The fraction of sp³-hybridized carbons (Fsp3) is 0.364. The molecule has 0 aliphatic heterocycles. The number of nitrogens with zero attached hydrogens (tertiary/aromatic N) is 3. The molecule has 2 aromatic rings. The number of anilines is 1. The summed E-state index contributed by atoms with van der Waals surface area (Å²) in [6.45, 7) is 5.42. The summed E-state index contributed by atoms with van der Waals surface area (Å²) in [7, 11) is 0. The van der Waals surface area contributed by atoms with Crippen molar-refractivity contribution in [1.82, 2.24) is 14.5 Å². The average Bonchev–Trinajstić information content (AvgIpc) is 2.57. The SMILES string of the molecule is CC(C)(C)OC(=O)n1ccc2cnc(N)nc21. The van der Waals surface area contributed by atoms with Gasteiger partial charge < -0.3 is 10.5 Å². The number of aromatic nitrogens is 3. The molecule has 0 saturated carbocycles. The van der Waals surface area contributed by atoms with Gasteiger partial charge in [0.25, 0.3) is 0 Å². The lowest BCUT2D eigenvalue weighted by Gasteiger charge is -2.19. The summed E-state index contributed by atoms with van der Waals surface area (Å²) in [6.07, 6.45) is 2.68. The Labute approximate surface area is 98.4 Å². The molecule has 6 heteroatoms. The molecule has 2 heterocycles. The third-order valence-corrected chi connectivity index (χ3v) is 2.04. The van der Waals surface area contributed by atoms with Gasteiger partial charge in [0.2, 0.25) is 5.95 Å². The largest absolute Gasteiger partial charge is 0.443 e. The molecule has 0 bridgehead atoms. The van der Waals surface area contributed by atoms with Gasteiger partial charge in [0, 0.05) is 17.8 Å². The molecule has 17 heavy (non-hydrogen) atoms. The van der Waals surface area contributed by atoms with Crippen molar-refractivity contribution in [1.29, 1.82) is 0 Å². The summed E-state index contributed by atoms with van der Waals surface area (Å²) >= 11 is 0. The van der Waals surface area contributed by atoms with Gasteiger partial charge in [0.05, 0.1) is 0 Å². The van der Waals surface area contributed by atoms with E-state index in [1.165, 1.54) is 4.57 Å². The fourth-order valence-corrected chi connectivity index (χ4v) is 1.39. The Bertz CT molecular complexity index is 568. The molecule has 0 atom stereocenters. The van der Waals surface area contributed by atoms with Crippen molar-refractivity contribution in [3.63, 3.8) is 0 Å². The Balaban J connectivity index is 2.42. The molecule has 0 aliphatic carbocycles. The normalized spacial score (nSPS) is 11.7. The van der Waals surface area contributed by atoms with E-state index in [9.17, 15) is 4.79 Å². The second kappa shape index (κ2) is 3.73. The minimum atomic E-state index is -0.549. The zero-order valence-electron chi connectivity index (χ0n) is 9.97. The van der Waals surface area contributed by atoms with Crippen LogP contribution in [0.2, 0.25) is 0 Å². The lowest BCUT2D eigenvalue weighted by molar-refractivity contribution is 0.0543. The molecule has 2 rings (SSSR count). The van der Waals surface area contributed by atoms with E-state index in [-0.39, 0.29) is 5.95 Å². The Kier molecular flexibility index (Phi) is 2.49. The molecular weight excluding hydrogens is 220 g/mol. The zero-order valence-corrected chi connectivity index (χ0v) is 9.97. The Morgan fingerprint density at radius 2 is 2.18 bits per heavy atom. The number of rotatable bonds is 0. The number of fused-ring (bicyclic) bond motifs is 1. The number of carbonyl (C=O) groups is 1. The number of hydrogen-bond donors (Lipinski definition) is 1. The van der Waals surface area contributed by atoms with Crippen LogP contribution in [-0.4, -0.2) is 26.2 Å². The molecule has 0 amide bonds. The second-order valence-corrected chi connectivity index (χ2v) is 4.67. The monoisotopic (exact) mass is 234 g/mol. The molecule has 0 fully saturated rings. The van der Waals surface area contributed by atoms with Crippen molar-refractivity contribution in [2.45, 2.75) is 26.4 Å². The van der Waals surface area contributed by atoms with Crippen molar-refractivity contribution >= 4 is 23.1 Å². The van der Waals surface area contributed by atoms with Crippen molar-refractivity contribution in [3.05, 3.63) is 18.5 Å². The lowest BCUT2D eigenvalue weighted by atomic mass is 10.2. The maximum Gasteiger partial charge on any atom is 0.420 e. The smallest absolute Gasteiger partial charge is 0.420 e. The summed E-state index contributed by atoms with van der Waals surface area (Å²) < 4.78 is 6.57. The van der Waals surface area contributed by atoms with Crippen LogP contribution in [0.1, 0.15) is 20.8 Å². The first-order valence-electron chi connectivity index (χ1n) is 5.20. The van der Waals surface area contributed by atoms with Crippen LogP contribution < -0.4 is 5.73 Å². The Morgan fingerprint density at radius 1 is 1.47 bits per heavy atom. The van der Waals surface area contributed by atoms with Gasteiger partial charge in [-0.15, -0.1) is 0 Å². The molecule has 0 radical (unpaired) electrons. The Hall–Kier alpha value is -2.11. The van der Waals surface area contributed by atoms with Crippen molar-refractivity contribution < 1.29 is 9.53 Å². The summed E-state index contributed by atoms with van der Waals surface area (Å²) in [6, 6.07) is 1.73. The molecule has 0 aromatic carbocycles. The average molecular weight is 234 g/mol. The van der Waals surface area contributed by atoms with Crippen LogP contribution in [0.25, 0.3) is 11.0 Å². The third-order valence-electron chi connectivity index (χ3n) is 2.04. The summed E-state index contributed by atoms with van der Waals surface area (Å²) in [5.74, 6) is 0.126. The van der Waals surface area contributed by atoms with Gasteiger partial charge in [-0.2, -0.15) is 4.98 Å². The molecule has 2 N–H and O–H groups in total. The number of ether oxygens (including phenoxy) is 1. The van der Waals surface area contributed by atoms with Crippen LogP contribution in [0, 0.1) is 0 Å². The van der Waals surface area contributed by atoms with E-state index in [0.29, 0.717) is 5.65 Å². The van der Waals surface area contributed by atoms with Crippen molar-refractivity contribution in [2.24, 2.45) is 0 Å². The summed E-state index contributed by atoms with van der Waals surface area (Å²) in [4.78, 5) is 19.8. The van der Waals surface area contributed by atoms with Crippen molar-refractivity contribution in [2.75, 3.05) is 5.73 Å². The maximum atomic E-state index is 11.9. The zero-order chi connectivity index (χ0) is 12.6. The maximum absolute atomic E-state index is 11.9. The van der Waals surface area contributed by atoms with E-state index in [4.69, 9.17) is 10.5 Å². The van der Waals surface area contributed by atoms with Gasteiger partial charge in [-0.05, 0) is 26.8 Å². The highest BCUT2D eigenvalue weighted by atomic mass is 16.6. The quantitative estimate of drug-likeness (QED) is 0.751. The van der Waals surface area contributed by atoms with Crippen LogP contribution in [-0.2, 0) is 4.74 Å². The molecule has 6 nitrogen and oxygen atoms in total. The third kappa shape index (κ3) is 2.35. The van der Waals surface area contributed by atoms with Gasteiger partial charge in [-0.1, -0.05) is 0 Å². The van der Waals surface area contributed by atoms with E-state index in [0.717, 1.165) is 5.39 Å². The summed E-state index contributed by atoms with van der Waals surface area (Å²) in [5.41, 5.74) is 5.39. The summed E-state index contributed by atoms with van der Waals surface area (Å²) in [5, 5.41) is 0.741. The second-order valence-electron chi connectivity index (χ2n) is 4.67. The first-order chi connectivity index (χ1) is 7.87. The molecule has 2 aromatic heterocycles. The van der Waals surface area contributed by atoms with E-state index < -0.39 is 11.7 Å². The van der Waals surface area contributed by atoms with E-state index in [1.54, 1.807) is 39.2 Å². The number of carbonyl (C=O) groups excluding carboxylic acids is 1. The van der Waals surface area contributed by atoms with Gasteiger partial charge in [0.1, 0.15) is 5.60 Å².